The van der Waals surface area contributed by atoms with Gasteiger partial charge in [-0.2, -0.15) is 0 Å². The Morgan fingerprint density at radius 2 is 2.16 bits per heavy atom. The molecule has 1 aliphatic rings. The molecular weight excluding hydrogens is 244 g/mol. The van der Waals surface area contributed by atoms with Crippen LogP contribution in [0.15, 0.2) is 12.1 Å². The van der Waals surface area contributed by atoms with Crippen LogP contribution < -0.4 is 4.74 Å². The van der Waals surface area contributed by atoms with E-state index < -0.39 is 0 Å². The number of nitrogens with zero attached hydrogens (tertiary/aromatic N) is 2. The van der Waals surface area contributed by atoms with E-state index in [4.69, 9.17) is 4.74 Å². The molecule has 19 heavy (non-hydrogen) atoms. The molecule has 1 aromatic carbocycles. The summed E-state index contributed by atoms with van der Waals surface area (Å²) >= 11 is 0. The van der Waals surface area contributed by atoms with Crippen molar-refractivity contribution in [2.75, 3.05) is 27.7 Å². The van der Waals surface area contributed by atoms with E-state index in [-0.39, 0.29) is 17.8 Å². The van der Waals surface area contributed by atoms with Gasteiger partial charge >= 0.3 is 6.03 Å². The number of hydrogen-bond acceptors (Lipinski definition) is 3. The third kappa shape index (κ3) is 2.32. The molecule has 1 heterocycles. The number of fused-ring (bicyclic) bond motifs is 1. The second kappa shape index (κ2) is 4.99. The molecule has 1 N–H and O–H groups in total. The number of benzene rings is 1. The van der Waals surface area contributed by atoms with Gasteiger partial charge in [0.25, 0.3) is 0 Å². The van der Waals surface area contributed by atoms with E-state index >= 15 is 0 Å². The summed E-state index contributed by atoms with van der Waals surface area (Å²) in [5.74, 6) is 0.602. The van der Waals surface area contributed by atoms with E-state index in [0.717, 1.165) is 17.5 Å². The second-order valence-electron chi connectivity index (χ2n) is 5.02. The first-order chi connectivity index (χ1) is 8.95. The van der Waals surface area contributed by atoms with Crippen molar-refractivity contribution < 1.29 is 14.6 Å². The van der Waals surface area contributed by atoms with E-state index in [2.05, 4.69) is 0 Å². The number of carbonyl (C=O) groups excluding carboxylic acids is 1. The highest BCUT2D eigenvalue weighted by Gasteiger charge is 2.29. The van der Waals surface area contributed by atoms with Crippen LogP contribution in [0.25, 0.3) is 0 Å². The number of methoxy groups -OCH3 is 1. The highest BCUT2D eigenvalue weighted by Crippen LogP contribution is 2.37. The van der Waals surface area contributed by atoms with E-state index in [1.165, 1.54) is 7.11 Å². The van der Waals surface area contributed by atoms with Crippen LogP contribution in [0.4, 0.5) is 4.79 Å². The summed E-state index contributed by atoms with van der Waals surface area (Å²) in [5.41, 5.74) is 2.12. The first-order valence-corrected chi connectivity index (χ1v) is 6.33. The maximum Gasteiger partial charge on any atom is 0.319 e. The van der Waals surface area contributed by atoms with Crippen molar-refractivity contribution in [2.24, 2.45) is 0 Å². The molecule has 0 bridgehead atoms. The van der Waals surface area contributed by atoms with E-state index in [0.29, 0.717) is 12.3 Å². The minimum absolute atomic E-state index is 0.00481. The molecule has 5 heteroatoms. The minimum Gasteiger partial charge on any atom is -0.504 e. The van der Waals surface area contributed by atoms with Crippen molar-refractivity contribution in [3.05, 3.63) is 23.3 Å². The Balaban J connectivity index is 2.37. The molecule has 0 fully saturated rings. The van der Waals surface area contributed by atoms with Crippen molar-refractivity contribution >= 4 is 6.03 Å². The minimum atomic E-state index is -0.0202. The van der Waals surface area contributed by atoms with Crippen molar-refractivity contribution in [3.63, 3.8) is 0 Å². The van der Waals surface area contributed by atoms with Gasteiger partial charge in [0.15, 0.2) is 11.5 Å². The van der Waals surface area contributed by atoms with E-state index in [1.54, 1.807) is 25.1 Å². The van der Waals surface area contributed by atoms with Crippen molar-refractivity contribution in [1.82, 2.24) is 9.80 Å². The molecule has 0 aliphatic carbocycles. The smallest absolute Gasteiger partial charge is 0.319 e. The maximum absolute atomic E-state index is 12.1. The number of amides is 2. The van der Waals surface area contributed by atoms with Gasteiger partial charge in [0, 0.05) is 20.6 Å². The van der Waals surface area contributed by atoms with Gasteiger partial charge in [-0.1, -0.05) is 0 Å². The molecule has 0 saturated heterocycles. The number of carbonyl (C=O) groups is 1. The Kier molecular flexibility index (Phi) is 3.55. The number of aromatic hydroxyl groups is 1. The van der Waals surface area contributed by atoms with Gasteiger partial charge in [-0.05, 0) is 36.6 Å². The third-order valence-corrected chi connectivity index (χ3v) is 3.61. The fraction of sp³-hybridized carbons (Fsp3) is 0.500. The summed E-state index contributed by atoms with van der Waals surface area (Å²) in [6, 6.07) is 3.55. The predicted molar refractivity (Wildman–Crippen MR) is 72.6 cm³/mol. The Bertz CT molecular complexity index is 500. The Morgan fingerprint density at radius 1 is 1.47 bits per heavy atom. The average molecular weight is 264 g/mol. The topological polar surface area (TPSA) is 53.0 Å². The monoisotopic (exact) mass is 264 g/mol. The highest BCUT2D eigenvalue weighted by atomic mass is 16.5. The van der Waals surface area contributed by atoms with Crippen molar-refractivity contribution in [2.45, 2.75) is 19.4 Å². The van der Waals surface area contributed by atoms with Gasteiger partial charge in [0.1, 0.15) is 0 Å². The maximum atomic E-state index is 12.1. The molecule has 0 aromatic heterocycles. The zero-order valence-corrected chi connectivity index (χ0v) is 11.8. The van der Waals surface area contributed by atoms with Crippen LogP contribution >= 0.6 is 0 Å². The van der Waals surface area contributed by atoms with Gasteiger partial charge in [0.2, 0.25) is 0 Å². The lowest BCUT2D eigenvalue weighted by Gasteiger charge is -2.37. The first-order valence-electron chi connectivity index (χ1n) is 6.33. The molecule has 0 radical (unpaired) electrons. The second-order valence-corrected chi connectivity index (χ2v) is 5.02. The lowest BCUT2D eigenvalue weighted by molar-refractivity contribution is 0.149. The third-order valence-electron chi connectivity index (χ3n) is 3.61. The van der Waals surface area contributed by atoms with Crippen LogP contribution in [-0.2, 0) is 6.42 Å². The van der Waals surface area contributed by atoms with Crippen molar-refractivity contribution in [1.29, 1.82) is 0 Å². The number of urea groups is 1. The molecule has 0 saturated carbocycles. The molecule has 0 spiro atoms. The lowest BCUT2D eigenvalue weighted by atomic mass is 9.93. The number of phenols is 1. The van der Waals surface area contributed by atoms with Crippen LogP contribution in [0.5, 0.6) is 11.5 Å². The first kappa shape index (κ1) is 13.5. The Morgan fingerprint density at radius 3 is 2.74 bits per heavy atom. The fourth-order valence-corrected chi connectivity index (χ4v) is 2.52. The molecule has 2 amide bonds. The van der Waals surface area contributed by atoms with Crippen LogP contribution in [0.1, 0.15) is 24.1 Å². The average Bonchev–Trinajstić information content (AvgIpc) is 2.37. The Hall–Kier alpha value is -1.91. The zero-order valence-electron chi connectivity index (χ0n) is 11.8. The molecule has 1 aromatic rings. The lowest BCUT2D eigenvalue weighted by Crippen LogP contribution is -2.44. The summed E-state index contributed by atoms with van der Waals surface area (Å²) < 4.78 is 5.14. The van der Waals surface area contributed by atoms with Gasteiger partial charge in [-0.25, -0.2) is 4.79 Å². The van der Waals surface area contributed by atoms with E-state index in [1.807, 2.05) is 17.9 Å². The summed E-state index contributed by atoms with van der Waals surface area (Å²) in [5, 5.41) is 9.80. The van der Waals surface area contributed by atoms with Crippen LogP contribution in [-0.4, -0.2) is 48.7 Å². The standard InChI is InChI=1S/C14H20N2O3/c1-9-11-8-13(19-4)12(17)7-10(11)5-6-16(9)14(18)15(2)3/h7-9,17H,5-6H2,1-4H3. The largest absolute Gasteiger partial charge is 0.504 e. The van der Waals surface area contributed by atoms with Gasteiger partial charge < -0.3 is 19.6 Å². The van der Waals surface area contributed by atoms with Crippen LogP contribution in [0.3, 0.4) is 0 Å². The highest BCUT2D eigenvalue weighted by molar-refractivity contribution is 5.75. The number of rotatable bonds is 1. The number of phenolic OH excluding ortho intramolecular Hbond substituents is 1. The van der Waals surface area contributed by atoms with Crippen molar-refractivity contribution in [3.8, 4) is 11.5 Å². The Labute approximate surface area is 113 Å². The number of hydrogen-bond donors (Lipinski definition) is 1. The predicted octanol–water partition coefficient (Wildman–Crippen LogP) is 2.00. The summed E-state index contributed by atoms with van der Waals surface area (Å²) in [4.78, 5) is 15.5. The SMILES string of the molecule is COc1cc2c(cc1O)CCN(C(=O)N(C)C)C2C. The summed E-state index contributed by atoms with van der Waals surface area (Å²) in [6.45, 7) is 2.66. The van der Waals surface area contributed by atoms with Crippen LogP contribution in [0, 0.1) is 0 Å². The fourth-order valence-electron chi connectivity index (χ4n) is 2.52. The molecule has 104 valence electrons. The quantitative estimate of drug-likeness (QED) is 0.844. The van der Waals surface area contributed by atoms with Gasteiger partial charge in [-0.3, -0.25) is 0 Å². The molecule has 5 nitrogen and oxygen atoms in total. The molecular formula is C14H20N2O3. The molecule has 1 atom stereocenters. The summed E-state index contributed by atoms with van der Waals surface area (Å²) in [7, 11) is 5.03. The molecule has 1 aliphatic heterocycles. The van der Waals surface area contributed by atoms with Gasteiger partial charge in [-0.15, -0.1) is 0 Å². The van der Waals surface area contributed by atoms with Gasteiger partial charge in [0.05, 0.1) is 13.2 Å². The normalized spacial score (nSPS) is 17.9. The summed E-state index contributed by atoms with van der Waals surface area (Å²) in [6.07, 6.45) is 0.747. The molecule has 1 unspecified atom stereocenters. The van der Waals surface area contributed by atoms with Crippen LogP contribution in [0.2, 0.25) is 0 Å². The molecule has 2 rings (SSSR count). The number of ether oxygens (including phenoxy) is 1. The van der Waals surface area contributed by atoms with E-state index in [9.17, 15) is 9.90 Å². The zero-order chi connectivity index (χ0) is 14.2.